The molecule has 3 atom stereocenters. The largest absolute Gasteiger partial charge is 0.444 e. The highest BCUT2D eigenvalue weighted by molar-refractivity contribution is 6.08. The van der Waals surface area contributed by atoms with Gasteiger partial charge in [0.05, 0.1) is 36.4 Å². The lowest BCUT2D eigenvalue weighted by Crippen LogP contribution is -2.52. The first-order chi connectivity index (χ1) is 30.2. The number of carbonyl (C=O) groups is 4. The molecule has 338 valence electrons. The molecule has 0 radical (unpaired) electrons. The third-order valence-corrected chi connectivity index (χ3v) is 12.2. The summed E-state index contributed by atoms with van der Waals surface area (Å²) < 4.78 is 51.9. The van der Waals surface area contributed by atoms with E-state index >= 15 is 0 Å². The second-order valence-corrected chi connectivity index (χ2v) is 17.9. The Labute approximate surface area is 363 Å². The van der Waals surface area contributed by atoms with Gasteiger partial charge in [0.25, 0.3) is 12.3 Å². The summed E-state index contributed by atoms with van der Waals surface area (Å²) in [6.07, 6.45) is 1.93. The van der Waals surface area contributed by atoms with E-state index in [4.69, 9.17) is 4.74 Å². The number of halogens is 3. The molecule has 20 heteroatoms. The highest BCUT2D eigenvalue weighted by Crippen LogP contribution is 2.32. The Kier molecular flexibility index (Phi) is 12.9. The number of ether oxygens (including phenoxy) is 1. The van der Waals surface area contributed by atoms with Crippen LogP contribution in [0.3, 0.4) is 0 Å². The number of nitrogens with one attached hydrogen (secondary N) is 3. The number of amides is 4. The van der Waals surface area contributed by atoms with E-state index in [1.807, 2.05) is 12.1 Å². The molecule has 7 heterocycles. The van der Waals surface area contributed by atoms with Crippen LogP contribution in [-0.4, -0.2) is 141 Å². The van der Waals surface area contributed by atoms with E-state index in [0.717, 1.165) is 63.6 Å². The molecule has 0 spiro atoms. The Bertz CT molecular complexity index is 2280. The fraction of sp³-hybridized carbons (Fsp3) is 0.558. The number of alkyl halides is 3. The van der Waals surface area contributed by atoms with E-state index in [9.17, 15) is 32.3 Å². The molecule has 1 unspecified atom stereocenters. The van der Waals surface area contributed by atoms with Gasteiger partial charge in [0, 0.05) is 89.8 Å². The predicted octanol–water partition coefficient (Wildman–Crippen LogP) is 4.54. The first-order valence-electron chi connectivity index (χ1n) is 21.7. The van der Waals surface area contributed by atoms with Gasteiger partial charge in [0.2, 0.25) is 11.8 Å². The molecule has 1 aromatic carbocycles. The van der Waals surface area contributed by atoms with E-state index in [1.165, 1.54) is 16.9 Å². The quantitative estimate of drug-likeness (QED) is 0.180. The minimum Gasteiger partial charge on any atom is -0.444 e. The van der Waals surface area contributed by atoms with Gasteiger partial charge in [0.15, 0.2) is 11.3 Å². The molecule has 17 nitrogen and oxygen atoms in total. The minimum absolute atomic E-state index is 0.0214. The summed E-state index contributed by atoms with van der Waals surface area (Å²) in [7, 11) is 0. The normalized spacial score (nSPS) is 22.1. The molecule has 0 saturated carbocycles. The molecule has 0 aliphatic carbocycles. The monoisotopic (exact) mass is 876 g/mol. The average molecular weight is 877 g/mol. The Morgan fingerprint density at radius 2 is 1.65 bits per heavy atom. The van der Waals surface area contributed by atoms with Gasteiger partial charge in [-0.2, -0.15) is 10.2 Å². The van der Waals surface area contributed by atoms with Gasteiger partial charge in [-0.25, -0.2) is 27.5 Å². The van der Waals surface area contributed by atoms with Gasteiger partial charge in [-0.3, -0.25) is 29.3 Å². The zero-order chi connectivity index (χ0) is 44.4. The van der Waals surface area contributed by atoms with E-state index in [0.29, 0.717) is 31.5 Å². The number of alkyl carbamates (subject to hydrolysis) is 1. The molecule has 4 aliphatic rings. The fourth-order valence-electron chi connectivity index (χ4n) is 8.89. The highest BCUT2D eigenvalue weighted by atomic mass is 19.3. The van der Waals surface area contributed by atoms with Crippen LogP contribution in [0.4, 0.5) is 35.2 Å². The number of hydrogen-bond donors (Lipinski definition) is 3. The van der Waals surface area contributed by atoms with Crippen LogP contribution < -0.4 is 25.8 Å². The molecule has 63 heavy (non-hydrogen) atoms. The van der Waals surface area contributed by atoms with Crippen LogP contribution in [0.25, 0.3) is 5.65 Å². The molecule has 3 aromatic heterocycles. The summed E-state index contributed by atoms with van der Waals surface area (Å²) in [5, 5.41) is 16.3. The number of fused-ring (bicyclic) bond motifs is 1. The summed E-state index contributed by atoms with van der Waals surface area (Å²) in [5.74, 6) is -1.07. The number of nitrogens with zero attached hydrogens (tertiary/aromatic N) is 9. The summed E-state index contributed by atoms with van der Waals surface area (Å²) in [6, 6.07) is 9.06. The third kappa shape index (κ3) is 10.5. The predicted molar refractivity (Wildman–Crippen MR) is 228 cm³/mol. The maximum absolute atomic E-state index is 14.9. The molecule has 4 aliphatic heterocycles. The minimum atomic E-state index is -2.93. The molecule has 3 N–H and O–H groups in total. The van der Waals surface area contributed by atoms with E-state index in [-0.39, 0.29) is 60.2 Å². The Morgan fingerprint density at radius 1 is 0.937 bits per heavy atom. The number of imide groups is 1. The van der Waals surface area contributed by atoms with Gasteiger partial charge >= 0.3 is 6.09 Å². The second kappa shape index (κ2) is 18.5. The number of aromatic nitrogens is 5. The van der Waals surface area contributed by atoms with Crippen molar-refractivity contribution in [1.29, 1.82) is 0 Å². The van der Waals surface area contributed by atoms with Gasteiger partial charge in [-0.15, -0.1) is 0 Å². The molecule has 8 rings (SSSR count). The number of anilines is 3. The second-order valence-electron chi connectivity index (χ2n) is 17.9. The first-order valence-corrected chi connectivity index (χ1v) is 21.7. The lowest BCUT2D eigenvalue weighted by molar-refractivity contribution is -0.134. The summed E-state index contributed by atoms with van der Waals surface area (Å²) >= 11 is 0. The number of piperazine rings is 1. The van der Waals surface area contributed by atoms with Crippen molar-refractivity contribution in [3.63, 3.8) is 0 Å². The summed E-state index contributed by atoms with van der Waals surface area (Å²) in [5.41, 5.74) is 0.903. The van der Waals surface area contributed by atoms with Crippen molar-refractivity contribution in [1.82, 2.24) is 44.8 Å². The molecular formula is C43H55F3N12O5. The van der Waals surface area contributed by atoms with Crippen LogP contribution >= 0.6 is 0 Å². The standard InChI is InChI=1S/C43H55F3N12O5/c1-43(2,3)63-42(62)48-29-22-28(44)24-56(25-29)35-12-15-57-39(50-35)33(23-47-57)41(61)49-34-26-58(52-37(34)38(45)46)31-10-13-53(14-11-31)16-17-54-18-20-55(21-19-54)30-6-4-27(5-7-30)32-8-9-36(59)51-40(32)60/h4-7,12,15,23,26,28-29,31-32,38H,8-11,13-14,16-22,24-25H2,1-3H3,(H,48,62)(H,49,61)(H,51,59,60)/t28-,29-,32?/m1/s1. The van der Waals surface area contributed by atoms with Crippen LogP contribution in [0.15, 0.2) is 48.9 Å². The van der Waals surface area contributed by atoms with Crippen molar-refractivity contribution >= 4 is 46.7 Å². The van der Waals surface area contributed by atoms with E-state index in [1.54, 1.807) is 42.6 Å². The number of carbonyl (C=O) groups excluding carboxylic acids is 4. The number of rotatable bonds is 11. The van der Waals surface area contributed by atoms with E-state index < -0.39 is 41.9 Å². The van der Waals surface area contributed by atoms with Crippen molar-refractivity contribution in [2.45, 2.75) is 89.1 Å². The lowest BCUT2D eigenvalue weighted by Gasteiger charge is -2.38. The van der Waals surface area contributed by atoms with Crippen molar-refractivity contribution in [2.75, 3.05) is 80.6 Å². The molecule has 0 bridgehead atoms. The van der Waals surface area contributed by atoms with Crippen LogP contribution in [0.2, 0.25) is 0 Å². The van der Waals surface area contributed by atoms with Crippen LogP contribution in [0.1, 0.15) is 92.9 Å². The van der Waals surface area contributed by atoms with Crippen molar-refractivity contribution in [2.24, 2.45) is 0 Å². The average Bonchev–Trinajstić information content (AvgIpc) is 3.87. The van der Waals surface area contributed by atoms with Gasteiger partial charge in [-0.05, 0) is 63.8 Å². The molecule has 4 amide bonds. The fourth-order valence-corrected chi connectivity index (χ4v) is 8.89. The Balaban J connectivity index is 0.822. The van der Waals surface area contributed by atoms with Crippen LogP contribution in [0, 0.1) is 0 Å². The third-order valence-electron chi connectivity index (χ3n) is 12.2. The molecule has 4 fully saturated rings. The summed E-state index contributed by atoms with van der Waals surface area (Å²) in [6.45, 7) is 12.5. The Hall–Kier alpha value is -5.76. The van der Waals surface area contributed by atoms with Crippen LogP contribution in [0.5, 0.6) is 0 Å². The number of likely N-dealkylation sites (tertiary alicyclic amines) is 1. The van der Waals surface area contributed by atoms with Crippen molar-refractivity contribution < 1.29 is 37.1 Å². The van der Waals surface area contributed by atoms with Gasteiger partial charge < -0.3 is 30.1 Å². The zero-order valence-corrected chi connectivity index (χ0v) is 35.8. The van der Waals surface area contributed by atoms with Crippen molar-refractivity contribution in [3.8, 4) is 0 Å². The maximum atomic E-state index is 14.9. The highest BCUT2D eigenvalue weighted by Gasteiger charge is 2.32. The first kappa shape index (κ1) is 43.9. The van der Waals surface area contributed by atoms with Gasteiger partial charge in [-0.1, -0.05) is 12.1 Å². The summed E-state index contributed by atoms with van der Waals surface area (Å²) in [4.78, 5) is 63.3. The van der Waals surface area contributed by atoms with Crippen LogP contribution in [-0.2, 0) is 14.3 Å². The molecular weight excluding hydrogens is 822 g/mol. The number of benzene rings is 1. The number of hydrogen-bond acceptors (Lipinski definition) is 12. The maximum Gasteiger partial charge on any atom is 0.407 e. The smallest absolute Gasteiger partial charge is 0.407 e. The number of piperidine rings is 3. The van der Waals surface area contributed by atoms with Gasteiger partial charge in [0.1, 0.15) is 23.2 Å². The SMILES string of the molecule is CC(C)(C)OC(=O)N[C@@H]1C[C@@H](F)CN(c2ccn3ncc(C(=O)Nc4cn(C5CCN(CCN6CCN(c7ccc(C8CCC(=O)NC8=O)cc7)CC6)CC5)nc4C(F)F)c3n2)C1. The molecule has 4 aromatic rings. The topological polar surface area (TPSA) is 175 Å². The lowest BCUT2D eigenvalue weighted by atomic mass is 9.90. The van der Waals surface area contributed by atoms with E-state index in [2.05, 4.69) is 58.0 Å². The van der Waals surface area contributed by atoms with Crippen molar-refractivity contribution in [3.05, 3.63) is 65.7 Å². The Morgan fingerprint density at radius 3 is 2.33 bits per heavy atom. The molecule has 4 saturated heterocycles. The zero-order valence-electron chi connectivity index (χ0n) is 35.8.